The van der Waals surface area contributed by atoms with Gasteiger partial charge in [0.2, 0.25) is 0 Å². The molecule has 3 N–H and O–H groups in total. The highest BCUT2D eigenvalue weighted by Crippen LogP contribution is 2.43. The van der Waals surface area contributed by atoms with Gasteiger partial charge in [-0.1, -0.05) is 96.9 Å². The number of hydrogen-bond acceptors (Lipinski definition) is 5. The van der Waals surface area contributed by atoms with Crippen molar-refractivity contribution < 1.29 is 19.1 Å². The van der Waals surface area contributed by atoms with E-state index in [1.165, 1.54) is 11.9 Å². The molecule has 0 radical (unpaired) electrons. The molecule has 9 heteroatoms. The lowest BCUT2D eigenvalue weighted by Gasteiger charge is -2.42. The third kappa shape index (κ3) is 8.06. The van der Waals surface area contributed by atoms with Gasteiger partial charge >= 0.3 is 6.09 Å². The topological polar surface area (TPSA) is 126 Å². The number of aryl methyl sites for hydroxylation is 1. The Morgan fingerprint density at radius 1 is 0.955 bits per heavy atom. The minimum atomic E-state index is -1.08. The average molecular weight is 592 g/mol. The van der Waals surface area contributed by atoms with E-state index in [1.54, 1.807) is 6.20 Å². The van der Waals surface area contributed by atoms with Gasteiger partial charge in [-0.3, -0.25) is 9.59 Å². The summed E-state index contributed by atoms with van der Waals surface area (Å²) < 4.78 is 5.37. The Morgan fingerprint density at radius 3 is 2.30 bits per heavy atom. The second kappa shape index (κ2) is 14.4. The summed E-state index contributed by atoms with van der Waals surface area (Å²) in [6.45, 7) is 2.48. The van der Waals surface area contributed by atoms with E-state index >= 15 is 0 Å². The Balaban J connectivity index is 1.34. The van der Waals surface area contributed by atoms with Gasteiger partial charge in [0, 0.05) is 36.7 Å². The molecule has 0 saturated heterocycles. The van der Waals surface area contributed by atoms with Crippen LogP contribution in [-0.2, 0) is 39.2 Å². The molecule has 1 fully saturated rings. The molecule has 3 aromatic carbocycles. The minimum Gasteiger partial charge on any atom is -0.445 e. The molecule has 0 unspecified atom stereocenters. The number of rotatable bonds is 12. The predicted molar refractivity (Wildman–Crippen MR) is 168 cm³/mol. The number of hydrogen-bond donors (Lipinski definition) is 3. The number of amides is 3. The Bertz CT molecular complexity index is 1560. The van der Waals surface area contributed by atoms with Gasteiger partial charge in [0.05, 0.1) is 6.33 Å². The zero-order valence-corrected chi connectivity index (χ0v) is 24.8. The van der Waals surface area contributed by atoms with E-state index in [0.29, 0.717) is 12.2 Å². The number of carbonyl (C=O) groups is 3. The summed E-state index contributed by atoms with van der Waals surface area (Å²) >= 11 is 0. The molecule has 1 atom stereocenters. The Hall–Kier alpha value is -5.05. The zero-order valence-electron chi connectivity index (χ0n) is 24.8. The van der Waals surface area contributed by atoms with E-state index in [2.05, 4.69) is 37.7 Å². The smallest absolute Gasteiger partial charge is 0.408 e. The van der Waals surface area contributed by atoms with Crippen molar-refractivity contribution in [3.8, 4) is 0 Å². The van der Waals surface area contributed by atoms with Gasteiger partial charge in [-0.25, -0.2) is 14.8 Å². The van der Waals surface area contributed by atoms with Crippen molar-refractivity contribution in [3.63, 3.8) is 0 Å². The number of benzene rings is 3. The second-order valence-corrected chi connectivity index (χ2v) is 11.3. The summed E-state index contributed by atoms with van der Waals surface area (Å²) in [5, 5.41) is 5.71. The van der Waals surface area contributed by atoms with E-state index in [-0.39, 0.29) is 30.6 Å². The van der Waals surface area contributed by atoms with Crippen LogP contribution in [0.4, 0.5) is 4.79 Å². The summed E-state index contributed by atoms with van der Waals surface area (Å²) in [6, 6.07) is 26.1. The SMILES string of the molecule is Cc1ccc(CC(=NC(=O)[C@H](Cc2cnc[nH]2)NC(=O)OCc2ccccc2)C(=O)NCC2(c3ccccc3)CCC2)cc1. The zero-order chi connectivity index (χ0) is 30.8. The first-order valence-corrected chi connectivity index (χ1v) is 14.9. The number of alkyl carbamates (subject to hydrolysis) is 1. The van der Waals surface area contributed by atoms with Crippen molar-refractivity contribution in [1.82, 2.24) is 20.6 Å². The van der Waals surface area contributed by atoms with Crippen LogP contribution in [0.5, 0.6) is 0 Å². The molecule has 1 aliphatic carbocycles. The first-order valence-electron chi connectivity index (χ1n) is 14.9. The third-order valence-electron chi connectivity index (χ3n) is 8.07. The van der Waals surface area contributed by atoms with Gasteiger partial charge in [-0.05, 0) is 36.5 Å². The van der Waals surface area contributed by atoms with Crippen LogP contribution in [0.25, 0.3) is 0 Å². The molecule has 1 aromatic heterocycles. The molecule has 0 aliphatic heterocycles. The Morgan fingerprint density at radius 2 is 1.66 bits per heavy atom. The molecule has 1 heterocycles. The third-order valence-corrected chi connectivity index (χ3v) is 8.07. The van der Waals surface area contributed by atoms with Gasteiger partial charge in [0.1, 0.15) is 18.4 Å². The van der Waals surface area contributed by atoms with E-state index in [0.717, 1.165) is 36.0 Å². The molecular weight excluding hydrogens is 554 g/mol. The number of nitrogens with one attached hydrogen (secondary N) is 3. The van der Waals surface area contributed by atoms with E-state index in [4.69, 9.17) is 4.74 Å². The van der Waals surface area contributed by atoms with Gasteiger partial charge in [-0.15, -0.1) is 0 Å². The van der Waals surface area contributed by atoms with Gasteiger partial charge in [0.25, 0.3) is 11.8 Å². The fourth-order valence-electron chi connectivity index (χ4n) is 5.32. The number of aromatic amines is 1. The molecule has 44 heavy (non-hydrogen) atoms. The van der Waals surface area contributed by atoms with Crippen molar-refractivity contribution in [1.29, 1.82) is 0 Å². The molecule has 0 spiro atoms. The van der Waals surface area contributed by atoms with Crippen molar-refractivity contribution in [2.45, 2.75) is 57.1 Å². The molecule has 1 aliphatic rings. The summed E-state index contributed by atoms with van der Waals surface area (Å²) in [5.74, 6) is -1.07. The molecular formula is C35H37N5O4. The highest BCUT2D eigenvalue weighted by Gasteiger charge is 2.39. The molecule has 9 nitrogen and oxygen atoms in total. The molecule has 5 rings (SSSR count). The summed E-state index contributed by atoms with van der Waals surface area (Å²) in [6.07, 6.45) is 5.60. The summed E-state index contributed by atoms with van der Waals surface area (Å²) in [5.41, 5.74) is 4.51. The standard InChI is InChI=1S/C35H37N5O4/c1-25-13-15-26(16-14-25)19-30(32(41)37-23-35(17-8-18-35)28-11-6-3-7-12-28)39-33(42)31(20-29-21-36-24-38-29)40-34(43)44-22-27-9-4-2-5-10-27/h2-7,9-16,21,24,31H,8,17-20,22-23H2,1H3,(H,36,38)(H,37,41)(H,40,43)/t31-/m0/s1. The van der Waals surface area contributed by atoms with Crippen LogP contribution in [0.2, 0.25) is 0 Å². The lowest BCUT2D eigenvalue weighted by Crippen LogP contribution is -2.48. The van der Waals surface area contributed by atoms with Gasteiger partial charge in [0.15, 0.2) is 0 Å². The lowest BCUT2D eigenvalue weighted by molar-refractivity contribution is -0.120. The number of nitrogens with zero attached hydrogens (tertiary/aromatic N) is 2. The van der Waals surface area contributed by atoms with Crippen LogP contribution in [0, 0.1) is 6.92 Å². The van der Waals surface area contributed by atoms with Crippen LogP contribution in [0.15, 0.2) is 102 Å². The van der Waals surface area contributed by atoms with E-state index < -0.39 is 23.9 Å². The summed E-state index contributed by atoms with van der Waals surface area (Å²) in [4.78, 5) is 51.4. The number of aliphatic imine (C=N–C) groups is 1. The molecule has 0 bridgehead atoms. The minimum absolute atomic E-state index is 0.0468. The van der Waals surface area contributed by atoms with Gasteiger partial charge in [-0.2, -0.15) is 0 Å². The van der Waals surface area contributed by atoms with Crippen LogP contribution < -0.4 is 10.6 Å². The number of imidazole rings is 1. The fraction of sp³-hybridized carbons (Fsp3) is 0.286. The van der Waals surface area contributed by atoms with Crippen molar-refractivity contribution >= 4 is 23.6 Å². The first kappa shape index (κ1) is 30.4. The number of H-pyrrole nitrogens is 1. The van der Waals surface area contributed by atoms with Crippen LogP contribution >= 0.6 is 0 Å². The van der Waals surface area contributed by atoms with Gasteiger partial charge < -0.3 is 20.4 Å². The molecule has 4 aromatic rings. The van der Waals surface area contributed by atoms with Crippen molar-refractivity contribution in [2.75, 3.05) is 6.54 Å². The summed E-state index contributed by atoms with van der Waals surface area (Å²) in [7, 11) is 0. The highest BCUT2D eigenvalue weighted by atomic mass is 16.5. The quantitative estimate of drug-likeness (QED) is 0.200. The Kier molecular flexibility index (Phi) is 9.96. The monoisotopic (exact) mass is 591 g/mol. The van der Waals surface area contributed by atoms with Crippen molar-refractivity contribution in [2.24, 2.45) is 4.99 Å². The highest BCUT2D eigenvalue weighted by molar-refractivity contribution is 6.41. The van der Waals surface area contributed by atoms with Crippen molar-refractivity contribution in [3.05, 3.63) is 125 Å². The normalized spacial score (nSPS) is 14.6. The number of ether oxygens (including phenoxy) is 1. The molecule has 3 amide bonds. The molecule has 226 valence electrons. The molecule has 1 saturated carbocycles. The lowest BCUT2D eigenvalue weighted by atomic mass is 9.64. The van der Waals surface area contributed by atoms with E-state index in [9.17, 15) is 14.4 Å². The van der Waals surface area contributed by atoms with E-state index in [1.807, 2.05) is 79.7 Å². The van der Waals surface area contributed by atoms with Crippen LogP contribution in [0.3, 0.4) is 0 Å². The number of carbonyl (C=O) groups excluding carboxylic acids is 3. The Labute approximate surface area is 257 Å². The average Bonchev–Trinajstić information content (AvgIpc) is 3.54. The second-order valence-electron chi connectivity index (χ2n) is 11.3. The number of aromatic nitrogens is 2. The largest absolute Gasteiger partial charge is 0.445 e. The first-order chi connectivity index (χ1) is 21.4. The maximum absolute atomic E-state index is 13.7. The maximum Gasteiger partial charge on any atom is 0.408 e. The maximum atomic E-state index is 13.7. The van der Waals surface area contributed by atoms with Crippen LogP contribution in [-0.4, -0.2) is 46.2 Å². The predicted octanol–water partition coefficient (Wildman–Crippen LogP) is 5.00. The fourth-order valence-corrected chi connectivity index (χ4v) is 5.32. The van der Waals surface area contributed by atoms with Crippen LogP contribution in [0.1, 0.15) is 47.2 Å².